The lowest BCUT2D eigenvalue weighted by atomic mass is 10.1. The molecular formula is C16H16ClN3O. The second-order valence-corrected chi connectivity index (χ2v) is 4.80. The Balaban J connectivity index is 0.000000807. The molecule has 0 saturated carbocycles. The molecule has 0 radical (unpaired) electrons. The highest BCUT2D eigenvalue weighted by molar-refractivity contribution is 6.07. The van der Waals surface area contributed by atoms with E-state index in [1.807, 2.05) is 6.20 Å². The van der Waals surface area contributed by atoms with Gasteiger partial charge in [0.05, 0.1) is 6.33 Å². The molecule has 2 heterocycles. The van der Waals surface area contributed by atoms with Crippen molar-refractivity contribution in [2.75, 3.05) is 0 Å². The van der Waals surface area contributed by atoms with Gasteiger partial charge in [0.15, 0.2) is 0 Å². The first-order valence-electron chi connectivity index (χ1n) is 6.37. The fourth-order valence-corrected chi connectivity index (χ4v) is 2.61. The number of hydrogen-bond donors (Lipinski definition) is 2. The zero-order valence-electron chi connectivity index (χ0n) is 11.3. The molecule has 0 saturated heterocycles. The average molecular weight is 302 g/mol. The Hall–Kier alpha value is -2.30. The third-order valence-corrected chi connectivity index (χ3v) is 3.52. The topological polar surface area (TPSA) is 76.0 Å². The molecule has 0 aliphatic carbocycles. The van der Waals surface area contributed by atoms with Crippen molar-refractivity contribution >= 4 is 34.2 Å². The van der Waals surface area contributed by atoms with Gasteiger partial charge in [0.1, 0.15) is 0 Å². The van der Waals surface area contributed by atoms with E-state index in [0.717, 1.165) is 12.1 Å². The third-order valence-electron chi connectivity index (χ3n) is 3.52. The summed E-state index contributed by atoms with van der Waals surface area (Å²) in [5, 5.41) is 2.56. The summed E-state index contributed by atoms with van der Waals surface area (Å²) in [6, 6.07) is 15.0. The lowest BCUT2D eigenvalue weighted by molar-refractivity contribution is 0.824. The first-order valence-corrected chi connectivity index (χ1v) is 6.37. The van der Waals surface area contributed by atoms with E-state index in [2.05, 4.69) is 57.4 Å². The number of para-hydroxylation sites is 1. The van der Waals surface area contributed by atoms with E-state index in [1.165, 1.54) is 27.4 Å². The number of H-pyrrole nitrogens is 2. The molecule has 5 heteroatoms. The van der Waals surface area contributed by atoms with Gasteiger partial charge < -0.3 is 15.4 Å². The van der Waals surface area contributed by atoms with Crippen LogP contribution in [0.4, 0.5) is 0 Å². The molecule has 0 bridgehead atoms. The van der Waals surface area contributed by atoms with Gasteiger partial charge in [0.25, 0.3) is 0 Å². The summed E-state index contributed by atoms with van der Waals surface area (Å²) in [4.78, 5) is 10.7. The van der Waals surface area contributed by atoms with E-state index in [4.69, 9.17) is 0 Å². The Labute approximate surface area is 127 Å². The van der Waals surface area contributed by atoms with Crippen molar-refractivity contribution < 1.29 is 5.48 Å². The van der Waals surface area contributed by atoms with Gasteiger partial charge in [-0.05, 0) is 17.7 Å². The van der Waals surface area contributed by atoms with Crippen LogP contribution in [0.25, 0.3) is 21.8 Å². The van der Waals surface area contributed by atoms with Crippen LogP contribution < -0.4 is 0 Å². The number of nitrogens with one attached hydrogen (secondary N) is 2. The van der Waals surface area contributed by atoms with E-state index < -0.39 is 0 Å². The zero-order valence-corrected chi connectivity index (χ0v) is 12.1. The molecule has 0 atom stereocenters. The first-order chi connectivity index (χ1) is 9.40. The number of aromatic amines is 2. The molecule has 0 unspecified atom stereocenters. The van der Waals surface area contributed by atoms with E-state index in [-0.39, 0.29) is 17.9 Å². The standard InChI is InChI=1S/C16H13N3.ClH.H2O/c1-2-4-15-13(3-1)14-6-5-11(8-16(14)19-15)7-12-9-17-10-18-12;;/h1-6,8-10,19H,7H2,(H,17,18);1H;1H2. The highest BCUT2D eigenvalue weighted by Gasteiger charge is 2.05. The quantitative estimate of drug-likeness (QED) is 0.586. The van der Waals surface area contributed by atoms with Crippen molar-refractivity contribution in [3.63, 3.8) is 0 Å². The van der Waals surface area contributed by atoms with Crippen molar-refractivity contribution in [1.29, 1.82) is 0 Å². The number of rotatable bonds is 2. The second kappa shape index (κ2) is 5.99. The minimum absolute atomic E-state index is 0. The number of imidazole rings is 1. The molecule has 0 amide bonds. The molecule has 0 spiro atoms. The smallest absolute Gasteiger partial charge is 0.0921 e. The van der Waals surface area contributed by atoms with E-state index in [1.54, 1.807) is 6.33 Å². The summed E-state index contributed by atoms with van der Waals surface area (Å²) in [6.45, 7) is 0. The second-order valence-electron chi connectivity index (χ2n) is 4.80. The number of halogens is 1. The number of nitrogens with zero attached hydrogens (tertiary/aromatic N) is 1. The Bertz CT molecular complexity index is 852. The van der Waals surface area contributed by atoms with Crippen LogP contribution in [-0.4, -0.2) is 20.4 Å². The van der Waals surface area contributed by atoms with Gasteiger partial charge in [-0.15, -0.1) is 12.4 Å². The van der Waals surface area contributed by atoms with Crippen LogP contribution >= 0.6 is 12.4 Å². The lowest BCUT2D eigenvalue weighted by Crippen LogP contribution is -1.87. The number of benzene rings is 2. The molecular weight excluding hydrogens is 286 g/mol. The third kappa shape index (κ3) is 2.63. The Kier molecular flexibility index (Phi) is 4.31. The average Bonchev–Trinajstić information content (AvgIpc) is 3.05. The maximum atomic E-state index is 4.05. The van der Waals surface area contributed by atoms with Gasteiger partial charge in [-0.1, -0.05) is 30.3 Å². The minimum Gasteiger partial charge on any atom is -0.412 e. The van der Waals surface area contributed by atoms with Crippen LogP contribution in [0.1, 0.15) is 11.3 Å². The van der Waals surface area contributed by atoms with Crippen molar-refractivity contribution in [3.05, 3.63) is 66.2 Å². The van der Waals surface area contributed by atoms with Crippen LogP contribution in [0.5, 0.6) is 0 Å². The molecule has 2 aromatic carbocycles. The maximum absolute atomic E-state index is 4.05. The summed E-state index contributed by atoms with van der Waals surface area (Å²) in [5.74, 6) is 0. The fourth-order valence-electron chi connectivity index (χ4n) is 2.61. The molecule has 4 nitrogen and oxygen atoms in total. The zero-order chi connectivity index (χ0) is 12.7. The normalized spacial score (nSPS) is 10.3. The summed E-state index contributed by atoms with van der Waals surface area (Å²) >= 11 is 0. The van der Waals surface area contributed by atoms with Crippen molar-refractivity contribution in [2.24, 2.45) is 0 Å². The molecule has 21 heavy (non-hydrogen) atoms. The Morgan fingerprint density at radius 1 is 0.952 bits per heavy atom. The summed E-state index contributed by atoms with van der Waals surface area (Å²) < 4.78 is 0. The predicted molar refractivity (Wildman–Crippen MR) is 88.1 cm³/mol. The van der Waals surface area contributed by atoms with Crippen molar-refractivity contribution in [3.8, 4) is 0 Å². The highest BCUT2D eigenvalue weighted by atomic mass is 35.5. The maximum Gasteiger partial charge on any atom is 0.0921 e. The van der Waals surface area contributed by atoms with Gasteiger partial charge in [-0.25, -0.2) is 4.98 Å². The molecule has 4 aromatic rings. The Morgan fingerprint density at radius 3 is 2.57 bits per heavy atom. The fraction of sp³-hybridized carbons (Fsp3) is 0.0625. The van der Waals surface area contributed by atoms with Crippen molar-refractivity contribution in [2.45, 2.75) is 6.42 Å². The first kappa shape index (κ1) is 15.1. The Morgan fingerprint density at radius 2 is 1.76 bits per heavy atom. The summed E-state index contributed by atoms with van der Waals surface area (Å²) in [5.41, 5.74) is 4.80. The monoisotopic (exact) mass is 301 g/mol. The molecule has 4 N–H and O–H groups in total. The molecule has 4 rings (SSSR count). The summed E-state index contributed by atoms with van der Waals surface area (Å²) in [6.07, 6.45) is 4.47. The predicted octanol–water partition coefficient (Wildman–Crippen LogP) is 3.23. The van der Waals surface area contributed by atoms with Gasteiger partial charge in [-0.2, -0.15) is 0 Å². The van der Waals surface area contributed by atoms with E-state index >= 15 is 0 Å². The van der Waals surface area contributed by atoms with Gasteiger partial charge in [0.2, 0.25) is 0 Å². The number of fused-ring (bicyclic) bond motifs is 3. The van der Waals surface area contributed by atoms with Crippen LogP contribution in [-0.2, 0) is 6.42 Å². The molecule has 2 aromatic heterocycles. The number of hydrogen-bond acceptors (Lipinski definition) is 1. The van der Waals surface area contributed by atoms with Gasteiger partial charge in [0, 0.05) is 40.1 Å². The van der Waals surface area contributed by atoms with Crippen LogP contribution in [0.15, 0.2) is 55.0 Å². The SMILES string of the molecule is Cl.O.c1ccc2c(c1)[nH]c1cc(Cc3cnc[nH]3)ccc12. The number of aromatic nitrogens is 3. The van der Waals surface area contributed by atoms with Crippen LogP contribution in [0, 0.1) is 0 Å². The van der Waals surface area contributed by atoms with Gasteiger partial charge in [-0.3, -0.25) is 0 Å². The minimum atomic E-state index is 0. The van der Waals surface area contributed by atoms with Crippen LogP contribution in [0.2, 0.25) is 0 Å². The highest BCUT2D eigenvalue weighted by Crippen LogP contribution is 2.26. The molecule has 108 valence electrons. The van der Waals surface area contributed by atoms with Crippen molar-refractivity contribution in [1.82, 2.24) is 15.0 Å². The van der Waals surface area contributed by atoms with E-state index in [0.29, 0.717) is 0 Å². The largest absolute Gasteiger partial charge is 0.412 e. The lowest BCUT2D eigenvalue weighted by Gasteiger charge is -1.99. The molecule has 0 fully saturated rings. The summed E-state index contributed by atoms with van der Waals surface area (Å²) in [7, 11) is 0. The molecule has 0 aliphatic heterocycles. The van der Waals surface area contributed by atoms with Gasteiger partial charge >= 0.3 is 0 Å². The van der Waals surface area contributed by atoms with E-state index in [9.17, 15) is 0 Å². The molecule has 0 aliphatic rings. The van der Waals surface area contributed by atoms with Crippen LogP contribution in [0.3, 0.4) is 0 Å².